The van der Waals surface area contributed by atoms with Gasteiger partial charge in [0.05, 0.1) is 12.7 Å². The van der Waals surface area contributed by atoms with Gasteiger partial charge in [-0.25, -0.2) is 0 Å². The van der Waals surface area contributed by atoms with E-state index in [1.165, 1.54) is 76.2 Å². The molecule has 1 saturated carbocycles. The Labute approximate surface area is 177 Å². The van der Waals surface area contributed by atoms with Crippen molar-refractivity contribution in [2.24, 2.45) is 11.8 Å². The first-order valence-corrected chi connectivity index (χ1v) is 12.1. The highest BCUT2D eigenvalue weighted by Gasteiger charge is 2.35. The van der Waals surface area contributed by atoms with Crippen LogP contribution in [0.5, 0.6) is 0 Å². The van der Waals surface area contributed by atoms with Gasteiger partial charge in [-0.1, -0.05) is 69.2 Å². The number of hydrogen-bond donors (Lipinski definition) is 0. The van der Waals surface area contributed by atoms with Crippen molar-refractivity contribution in [1.82, 2.24) is 0 Å². The van der Waals surface area contributed by atoms with Crippen LogP contribution in [0.25, 0.3) is 0 Å². The smallest absolute Gasteiger partial charge is 0.160 e. The van der Waals surface area contributed by atoms with Crippen LogP contribution in [-0.2, 0) is 9.47 Å². The van der Waals surface area contributed by atoms with Crippen molar-refractivity contribution in [3.05, 3.63) is 34.9 Å². The Balaban J connectivity index is 1.36. The Bertz CT molecular complexity index is 550. The Morgan fingerprint density at radius 3 is 2.29 bits per heavy atom. The number of ether oxygens (including phenoxy) is 2. The quantitative estimate of drug-likeness (QED) is 0.390. The van der Waals surface area contributed by atoms with Crippen molar-refractivity contribution < 1.29 is 9.47 Å². The lowest BCUT2D eigenvalue weighted by molar-refractivity contribution is -0.257. The third-order valence-electron chi connectivity index (χ3n) is 6.91. The van der Waals surface area contributed by atoms with Crippen LogP contribution >= 0.6 is 11.6 Å². The molecule has 1 aromatic carbocycles. The van der Waals surface area contributed by atoms with Crippen molar-refractivity contribution in [3.8, 4) is 0 Å². The van der Waals surface area contributed by atoms with Crippen molar-refractivity contribution in [3.63, 3.8) is 0 Å². The van der Waals surface area contributed by atoms with Gasteiger partial charge in [-0.2, -0.15) is 0 Å². The lowest BCUT2D eigenvalue weighted by Crippen LogP contribution is -2.42. The van der Waals surface area contributed by atoms with Crippen LogP contribution in [0.4, 0.5) is 0 Å². The van der Waals surface area contributed by atoms with Gasteiger partial charge in [0.15, 0.2) is 6.29 Å². The van der Waals surface area contributed by atoms with Crippen molar-refractivity contribution in [2.45, 2.75) is 103 Å². The van der Waals surface area contributed by atoms with Gasteiger partial charge in [0.25, 0.3) is 0 Å². The summed E-state index contributed by atoms with van der Waals surface area (Å²) in [7, 11) is 0. The highest BCUT2D eigenvalue weighted by Crippen LogP contribution is 2.40. The minimum atomic E-state index is 0.0157. The largest absolute Gasteiger partial charge is 0.352 e. The van der Waals surface area contributed by atoms with Gasteiger partial charge in [0, 0.05) is 16.9 Å². The first-order valence-electron chi connectivity index (χ1n) is 11.7. The van der Waals surface area contributed by atoms with E-state index in [2.05, 4.69) is 26.0 Å². The molecule has 0 unspecified atom stereocenters. The van der Waals surface area contributed by atoms with E-state index in [9.17, 15) is 0 Å². The predicted molar refractivity (Wildman–Crippen MR) is 118 cm³/mol. The van der Waals surface area contributed by atoms with Gasteiger partial charge in [-0.3, -0.25) is 0 Å². The highest BCUT2D eigenvalue weighted by molar-refractivity contribution is 6.30. The van der Waals surface area contributed by atoms with E-state index in [-0.39, 0.29) is 6.29 Å². The predicted octanol–water partition coefficient (Wildman–Crippen LogP) is 7.74. The van der Waals surface area contributed by atoms with Gasteiger partial charge in [-0.15, -0.1) is 0 Å². The van der Waals surface area contributed by atoms with E-state index >= 15 is 0 Å². The van der Waals surface area contributed by atoms with E-state index in [0.717, 1.165) is 11.6 Å². The summed E-state index contributed by atoms with van der Waals surface area (Å²) >= 11 is 6.03. The van der Waals surface area contributed by atoms with Crippen LogP contribution < -0.4 is 0 Å². The second-order valence-corrected chi connectivity index (χ2v) is 9.46. The maximum atomic E-state index is 6.35. The zero-order chi connectivity index (χ0) is 19.8. The molecule has 2 fully saturated rings. The molecule has 1 aliphatic carbocycles. The molecule has 1 saturated heterocycles. The molecule has 1 heterocycles. The molecule has 0 N–H and O–H groups in total. The normalized spacial score (nSPS) is 31.0. The van der Waals surface area contributed by atoms with Gasteiger partial charge >= 0.3 is 0 Å². The summed E-state index contributed by atoms with van der Waals surface area (Å²) in [6.07, 6.45) is 14.6. The molecule has 158 valence electrons. The molecule has 0 spiro atoms. The van der Waals surface area contributed by atoms with E-state index in [4.69, 9.17) is 21.1 Å². The van der Waals surface area contributed by atoms with Crippen LogP contribution in [0.3, 0.4) is 0 Å². The summed E-state index contributed by atoms with van der Waals surface area (Å²) in [5.41, 5.74) is 1.43. The second kappa shape index (κ2) is 11.6. The standard InChI is InChI=1S/C25H39ClO2/c1-3-4-5-6-7-8-9-23-18-27-25(28-19(23)2)22-12-10-20(11-13-22)21-14-16-24(26)17-15-21/h14-17,19-20,22-23,25H,3-13,18H2,1-2H3/t19-,20?,22?,23+,25+/m1/s1. The van der Waals surface area contributed by atoms with Gasteiger partial charge < -0.3 is 9.47 Å². The molecular weight excluding hydrogens is 368 g/mol. The van der Waals surface area contributed by atoms with Crippen LogP contribution in [0.2, 0.25) is 5.02 Å². The Kier molecular flexibility index (Phi) is 9.14. The molecule has 0 bridgehead atoms. The number of hydrogen-bond acceptors (Lipinski definition) is 2. The van der Waals surface area contributed by atoms with Crippen molar-refractivity contribution >= 4 is 11.6 Å². The first-order chi connectivity index (χ1) is 13.7. The zero-order valence-corrected chi connectivity index (χ0v) is 18.6. The first kappa shape index (κ1) is 22.1. The van der Waals surface area contributed by atoms with E-state index in [1.54, 1.807) is 0 Å². The van der Waals surface area contributed by atoms with E-state index in [1.807, 2.05) is 12.1 Å². The SMILES string of the molecule is CCCCCCCC[C@H]1CO[C@H](C2CCC(c3ccc(Cl)cc3)CC2)O[C@@H]1C. The summed E-state index contributed by atoms with van der Waals surface area (Å²) in [5.74, 6) is 1.80. The average molecular weight is 407 g/mol. The maximum absolute atomic E-state index is 6.35. The number of unbranched alkanes of at least 4 members (excludes halogenated alkanes) is 5. The Morgan fingerprint density at radius 1 is 0.929 bits per heavy atom. The van der Waals surface area contributed by atoms with Gasteiger partial charge in [0.2, 0.25) is 0 Å². The third kappa shape index (κ3) is 6.47. The Hall–Kier alpha value is -0.570. The fraction of sp³-hybridized carbons (Fsp3) is 0.760. The van der Waals surface area contributed by atoms with Crippen molar-refractivity contribution in [1.29, 1.82) is 0 Å². The average Bonchev–Trinajstić information content (AvgIpc) is 2.72. The summed E-state index contributed by atoms with van der Waals surface area (Å²) in [6, 6.07) is 8.41. The third-order valence-corrected chi connectivity index (χ3v) is 7.17. The van der Waals surface area contributed by atoms with E-state index in [0.29, 0.717) is 23.9 Å². The summed E-state index contributed by atoms with van der Waals surface area (Å²) < 4.78 is 12.6. The Morgan fingerprint density at radius 2 is 1.61 bits per heavy atom. The van der Waals surface area contributed by atoms with Crippen LogP contribution in [-0.4, -0.2) is 19.0 Å². The lowest BCUT2D eigenvalue weighted by atomic mass is 9.78. The number of benzene rings is 1. The molecule has 3 rings (SSSR count). The summed E-state index contributed by atoms with van der Waals surface area (Å²) in [4.78, 5) is 0. The van der Waals surface area contributed by atoms with Gasteiger partial charge in [0.1, 0.15) is 0 Å². The molecule has 1 aromatic rings. The van der Waals surface area contributed by atoms with Crippen LogP contribution in [0.1, 0.15) is 96.0 Å². The lowest BCUT2D eigenvalue weighted by Gasteiger charge is -2.40. The molecule has 3 heteroatoms. The topological polar surface area (TPSA) is 18.5 Å². The van der Waals surface area contributed by atoms with Crippen molar-refractivity contribution in [2.75, 3.05) is 6.61 Å². The molecule has 28 heavy (non-hydrogen) atoms. The fourth-order valence-electron chi connectivity index (χ4n) is 4.93. The molecule has 2 aliphatic rings. The molecular formula is C25H39ClO2. The number of halogens is 1. The summed E-state index contributed by atoms with van der Waals surface area (Å²) in [5, 5.41) is 0.825. The summed E-state index contributed by atoms with van der Waals surface area (Å²) in [6.45, 7) is 5.42. The fourth-order valence-corrected chi connectivity index (χ4v) is 5.05. The molecule has 0 aromatic heterocycles. The minimum Gasteiger partial charge on any atom is -0.352 e. The molecule has 0 radical (unpaired) electrons. The molecule has 2 nitrogen and oxygen atoms in total. The highest BCUT2D eigenvalue weighted by atomic mass is 35.5. The second-order valence-electron chi connectivity index (χ2n) is 9.02. The monoisotopic (exact) mass is 406 g/mol. The molecule has 1 aliphatic heterocycles. The van der Waals surface area contributed by atoms with E-state index < -0.39 is 0 Å². The van der Waals surface area contributed by atoms with Crippen LogP contribution in [0, 0.1) is 11.8 Å². The zero-order valence-electron chi connectivity index (χ0n) is 17.9. The maximum Gasteiger partial charge on any atom is 0.160 e. The molecule has 0 amide bonds. The van der Waals surface area contributed by atoms with Gasteiger partial charge in [-0.05, 0) is 62.6 Å². The molecule has 3 atom stereocenters. The minimum absolute atomic E-state index is 0.0157. The van der Waals surface area contributed by atoms with Crippen LogP contribution in [0.15, 0.2) is 24.3 Å². The number of rotatable bonds is 9.